The van der Waals surface area contributed by atoms with Crippen molar-refractivity contribution in [3.8, 4) is 0 Å². The Morgan fingerprint density at radius 1 is 1.08 bits per heavy atom. The number of anilines is 1. The van der Waals surface area contributed by atoms with Crippen LogP contribution in [0.2, 0.25) is 0 Å². The molecule has 1 aromatic heterocycles. The van der Waals surface area contributed by atoms with Crippen molar-refractivity contribution in [1.82, 2.24) is 9.55 Å². The van der Waals surface area contributed by atoms with Gasteiger partial charge in [0.25, 0.3) is 5.56 Å². The minimum atomic E-state index is -0.178. The highest BCUT2D eigenvalue weighted by Crippen LogP contribution is 2.12. The van der Waals surface area contributed by atoms with Gasteiger partial charge >= 0.3 is 0 Å². The summed E-state index contributed by atoms with van der Waals surface area (Å²) in [5.74, 6) is 0.366. The van der Waals surface area contributed by atoms with Gasteiger partial charge in [0.1, 0.15) is 5.82 Å². The zero-order valence-electron chi connectivity index (χ0n) is 14.7. The van der Waals surface area contributed by atoms with E-state index < -0.39 is 0 Å². The SMILES string of the molecule is CC(=O)c1ccc(NC(=O)CCc2nc3ccccc3c(=O)n2C)cc1. The number of fused-ring (bicyclic) bond motifs is 1. The lowest BCUT2D eigenvalue weighted by Crippen LogP contribution is -2.23. The quantitative estimate of drug-likeness (QED) is 0.718. The van der Waals surface area contributed by atoms with Crippen LogP contribution in [0.3, 0.4) is 0 Å². The number of amides is 1. The molecule has 6 heteroatoms. The van der Waals surface area contributed by atoms with Crippen LogP contribution in [-0.4, -0.2) is 21.2 Å². The molecule has 1 amide bonds. The molecular weight excluding hydrogens is 330 g/mol. The monoisotopic (exact) mass is 349 g/mol. The Labute approximate surface area is 150 Å². The Morgan fingerprint density at radius 3 is 2.46 bits per heavy atom. The molecule has 132 valence electrons. The minimum absolute atomic E-state index is 0.0221. The van der Waals surface area contributed by atoms with E-state index in [1.165, 1.54) is 11.5 Å². The molecule has 0 fully saturated rings. The van der Waals surface area contributed by atoms with Crippen LogP contribution in [0.4, 0.5) is 5.69 Å². The van der Waals surface area contributed by atoms with Crippen LogP contribution >= 0.6 is 0 Å². The Hall–Kier alpha value is -3.28. The summed E-state index contributed by atoms with van der Waals surface area (Å²) in [4.78, 5) is 40.3. The summed E-state index contributed by atoms with van der Waals surface area (Å²) in [6.45, 7) is 1.49. The lowest BCUT2D eigenvalue weighted by Gasteiger charge is -2.09. The Balaban J connectivity index is 1.69. The van der Waals surface area contributed by atoms with Gasteiger partial charge in [0, 0.05) is 31.1 Å². The molecule has 3 rings (SSSR count). The number of Topliss-reactive ketones (excluding diaryl/α,β-unsaturated/α-hetero) is 1. The highest BCUT2D eigenvalue weighted by atomic mass is 16.1. The molecule has 0 atom stereocenters. The lowest BCUT2D eigenvalue weighted by molar-refractivity contribution is -0.116. The number of carbonyl (C=O) groups excluding carboxylic acids is 2. The summed E-state index contributed by atoms with van der Waals surface area (Å²) in [5, 5.41) is 3.35. The molecule has 0 aliphatic carbocycles. The molecule has 0 aliphatic heterocycles. The van der Waals surface area contributed by atoms with E-state index >= 15 is 0 Å². The number of aryl methyl sites for hydroxylation is 1. The minimum Gasteiger partial charge on any atom is -0.326 e. The number of nitrogens with zero attached hydrogens (tertiary/aromatic N) is 2. The first kappa shape index (κ1) is 17.5. The van der Waals surface area contributed by atoms with Crippen molar-refractivity contribution in [1.29, 1.82) is 0 Å². The second-order valence-corrected chi connectivity index (χ2v) is 6.09. The van der Waals surface area contributed by atoms with Crippen LogP contribution in [0.5, 0.6) is 0 Å². The topological polar surface area (TPSA) is 81.1 Å². The smallest absolute Gasteiger partial charge is 0.261 e. The summed E-state index contributed by atoms with van der Waals surface area (Å²) >= 11 is 0. The van der Waals surface area contributed by atoms with Crippen LogP contribution in [0.1, 0.15) is 29.5 Å². The van der Waals surface area contributed by atoms with Crippen molar-refractivity contribution in [2.24, 2.45) is 7.05 Å². The predicted molar refractivity (Wildman–Crippen MR) is 100 cm³/mol. The first-order valence-corrected chi connectivity index (χ1v) is 8.31. The summed E-state index contributed by atoms with van der Waals surface area (Å²) in [6.07, 6.45) is 0.557. The van der Waals surface area contributed by atoms with Crippen molar-refractivity contribution in [3.63, 3.8) is 0 Å². The van der Waals surface area contributed by atoms with Crippen LogP contribution in [0.25, 0.3) is 10.9 Å². The first-order valence-electron chi connectivity index (χ1n) is 8.31. The largest absolute Gasteiger partial charge is 0.326 e. The van der Waals surface area contributed by atoms with E-state index in [1.54, 1.807) is 49.5 Å². The molecule has 0 saturated heterocycles. The zero-order chi connectivity index (χ0) is 18.7. The van der Waals surface area contributed by atoms with Crippen LogP contribution in [0.15, 0.2) is 53.3 Å². The molecule has 6 nitrogen and oxygen atoms in total. The maximum absolute atomic E-state index is 12.4. The van der Waals surface area contributed by atoms with E-state index in [0.29, 0.717) is 34.4 Å². The molecule has 1 N–H and O–H groups in total. The average Bonchev–Trinajstić information content (AvgIpc) is 2.64. The zero-order valence-corrected chi connectivity index (χ0v) is 14.7. The van der Waals surface area contributed by atoms with Gasteiger partial charge in [0.2, 0.25) is 5.91 Å². The van der Waals surface area contributed by atoms with E-state index in [1.807, 2.05) is 6.07 Å². The number of benzene rings is 2. The molecule has 0 spiro atoms. The summed E-state index contributed by atoms with van der Waals surface area (Å²) < 4.78 is 1.48. The van der Waals surface area contributed by atoms with Crippen molar-refractivity contribution in [3.05, 3.63) is 70.3 Å². The standard InChI is InChI=1S/C20H19N3O3/c1-13(24)14-7-9-15(10-8-14)21-19(25)12-11-18-22-17-6-4-3-5-16(17)20(26)23(18)2/h3-10H,11-12H2,1-2H3,(H,21,25). The normalized spacial score (nSPS) is 10.7. The Morgan fingerprint density at radius 2 is 1.77 bits per heavy atom. The van der Waals surface area contributed by atoms with Crippen molar-refractivity contribution >= 4 is 28.3 Å². The van der Waals surface area contributed by atoms with Gasteiger partial charge < -0.3 is 5.32 Å². The van der Waals surface area contributed by atoms with Gasteiger partial charge in [-0.3, -0.25) is 19.0 Å². The number of aromatic nitrogens is 2. The van der Waals surface area contributed by atoms with Gasteiger partial charge in [-0.05, 0) is 43.3 Å². The highest BCUT2D eigenvalue weighted by molar-refractivity contribution is 5.95. The fraction of sp³-hybridized carbons (Fsp3) is 0.200. The molecule has 0 saturated carbocycles. The highest BCUT2D eigenvalue weighted by Gasteiger charge is 2.10. The second kappa shape index (κ2) is 7.31. The van der Waals surface area contributed by atoms with E-state index in [0.717, 1.165) is 0 Å². The van der Waals surface area contributed by atoms with Gasteiger partial charge in [-0.25, -0.2) is 4.98 Å². The van der Waals surface area contributed by atoms with Crippen LogP contribution < -0.4 is 10.9 Å². The third kappa shape index (κ3) is 3.69. The second-order valence-electron chi connectivity index (χ2n) is 6.09. The number of hydrogen-bond donors (Lipinski definition) is 1. The molecule has 0 unspecified atom stereocenters. The maximum atomic E-state index is 12.4. The number of nitrogens with one attached hydrogen (secondary N) is 1. The third-order valence-corrected chi connectivity index (χ3v) is 4.23. The van der Waals surface area contributed by atoms with Crippen molar-refractivity contribution in [2.45, 2.75) is 19.8 Å². The molecular formula is C20H19N3O3. The average molecular weight is 349 g/mol. The van der Waals surface area contributed by atoms with E-state index in [2.05, 4.69) is 10.3 Å². The number of carbonyl (C=O) groups is 2. The molecule has 0 aliphatic rings. The third-order valence-electron chi connectivity index (χ3n) is 4.23. The van der Waals surface area contributed by atoms with E-state index in [4.69, 9.17) is 0 Å². The molecule has 1 heterocycles. The van der Waals surface area contributed by atoms with Gasteiger partial charge in [-0.1, -0.05) is 12.1 Å². The number of rotatable bonds is 5. The lowest BCUT2D eigenvalue weighted by atomic mass is 10.1. The van der Waals surface area contributed by atoms with Gasteiger partial charge in [0.15, 0.2) is 5.78 Å². The fourth-order valence-corrected chi connectivity index (χ4v) is 2.72. The van der Waals surface area contributed by atoms with Crippen LogP contribution in [0, 0.1) is 0 Å². The fourth-order valence-electron chi connectivity index (χ4n) is 2.72. The summed E-state index contributed by atoms with van der Waals surface area (Å²) in [7, 11) is 1.66. The molecule has 26 heavy (non-hydrogen) atoms. The van der Waals surface area contributed by atoms with Crippen molar-refractivity contribution in [2.75, 3.05) is 5.32 Å². The molecule has 0 radical (unpaired) electrons. The van der Waals surface area contributed by atoms with Gasteiger partial charge in [-0.15, -0.1) is 0 Å². The number of ketones is 1. The molecule has 3 aromatic rings. The first-order chi connectivity index (χ1) is 12.5. The Bertz CT molecular complexity index is 1040. The van der Waals surface area contributed by atoms with Crippen molar-refractivity contribution < 1.29 is 9.59 Å². The summed E-state index contributed by atoms with van der Waals surface area (Å²) in [5.41, 5.74) is 1.73. The number of hydrogen-bond acceptors (Lipinski definition) is 4. The Kier molecular flexibility index (Phi) is 4.93. The van der Waals surface area contributed by atoms with E-state index in [9.17, 15) is 14.4 Å². The van der Waals surface area contributed by atoms with Gasteiger partial charge in [0.05, 0.1) is 10.9 Å². The molecule has 0 bridgehead atoms. The maximum Gasteiger partial charge on any atom is 0.261 e. The van der Waals surface area contributed by atoms with Gasteiger partial charge in [-0.2, -0.15) is 0 Å². The predicted octanol–water partition coefficient (Wildman–Crippen LogP) is 2.71. The summed E-state index contributed by atoms with van der Waals surface area (Å²) in [6, 6.07) is 13.9. The van der Waals surface area contributed by atoms with Crippen LogP contribution in [-0.2, 0) is 18.3 Å². The molecule has 2 aromatic carbocycles. The van der Waals surface area contributed by atoms with E-state index in [-0.39, 0.29) is 23.7 Å². The number of para-hydroxylation sites is 1.